The van der Waals surface area contributed by atoms with E-state index in [-0.39, 0.29) is 28.7 Å². The van der Waals surface area contributed by atoms with Crippen molar-refractivity contribution in [3.05, 3.63) is 34.6 Å². The Morgan fingerprint density at radius 2 is 2.20 bits per heavy atom. The van der Waals surface area contributed by atoms with Crippen LogP contribution in [-0.4, -0.2) is 23.5 Å². The first-order valence-electron chi connectivity index (χ1n) is 6.20. The van der Waals surface area contributed by atoms with Gasteiger partial charge in [-0.2, -0.15) is 0 Å². The Hall–Kier alpha value is -1.82. The Labute approximate surface area is 121 Å². The number of hydrogen-bond donors (Lipinski definition) is 3. The number of carbonyl (C=O) groups is 1. The molecule has 0 aliphatic heterocycles. The summed E-state index contributed by atoms with van der Waals surface area (Å²) in [5, 5.41) is 14.1. The van der Waals surface area contributed by atoms with Gasteiger partial charge in [0.15, 0.2) is 0 Å². The second-order valence-corrected chi connectivity index (χ2v) is 4.68. The maximum Gasteiger partial charge on any atom is 0.224 e. The Balaban J connectivity index is 2.31. The van der Waals surface area contributed by atoms with Crippen LogP contribution in [0.1, 0.15) is 24.8 Å². The lowest BCUT2D eigenvalue weighted by Gasteiger charge is -2.07. The third-order valence-corrected chi connectivity index (χ3v) is 3.06. The summed E-state index contributed by atoms with van der Waals surface area (Å²) in [6.07, 6.45) is 1.75. The van der Waals surface area contributed by atoms with Crippen molar-refractivity contribution < 1.29 is 14.4 Å². The van der Waals surface area contributed by atoms with Crippen molar-refractivity contribution in [2.45, 2.75) is 25.7 Å². The molecule has 0 atom stereocenters. The highest BCUT2D eigenvalue weighted by Gasteiger charge is 2.11. The third kappa shape index (κ3) is 5.44. The summed E-state index contributed by atoms with van der Waals surface area (Å²) in [7, 11) is 0. The Morgan fingerprint density at radius 1 is 1.45 bits per heavy atom. The first-order valence-corrected chi connectivity index (χ1v) is 6.58. The van der Waals surface area contributed by atoms with Gasteiger partial charge in [-0.25, -0.2) is 4.39 Å². The topological polar surface area (TPSA) is 87.7 Å². The number of benzene rings is 1. The quantitative estimate of drug-likeness (QED) is 0.237. The van der Waals surface area contributed by atoms with Gasteiger partial charge in [-0.1, -0.05) is 22.8 Å². The average molecular weight is 302 g/mol. The molecule has 0 aliphatic carbocycles. The van der Waals surface area contributed by atoms with E-state index in [4.69, 9.17) is 22.5 Å². The summed E-state index contributed by atoms with van der Waals surface area (Å²) in [5.74, 6) is -0.616. The Kier molecular flexibility index (Phi) is 6.79. The number of amides is 1. The van der Waals surface area contributed by atoms with Gasteiger partial charge in [0.05, 0.1) is 6.42 Å². The maximum atomic E-state index is 13.5. The number of nitrogens with one attached hydrogen (secondary N) is 1. The highest BCUT2D eigenvalue weighted by molar-refractivity contribution is 6.31. The van der Waals surface area contributed by atoms with Crippen LogP contribution in [0.4, 0.5) is 4.39 Å². The van der Waals surface area contributed by atoms with Crippen LogP contribution in [0, 0.1) is 5.82 Å². The van der Waals surface area contributed by atoms with Crippen LogP contribution < -0.4 is 11.1 Å². The summed E-state index contributed by atoms with van der Waals surface area (Å²) in [6, 6.07) is 4.31. The second kappa shape index (κ2) is 8.37. The molecule has 0 aliphatic rings. The maximum absolute atomic E-state index is 13.5. The number of halogens is 2. The van der Waals surface area contributed by atoms with E-state index in [0.29, 0.717) is 25.8 Å². The minimum atomic E-state index is -0.486. The van der Waals surface area contributed by atoms with E-state index in [9.17, 15) is 9.18 Å². The van der Waals surface area contributed by atoms with Crippen LogP contribution in [0.25, 0.3) is 0 Å². The molecule has 0 unspecified atom stereocenters. The molecule has 1 aromatic carbocycles. The number of amidine groups is 1. The molecular weight excluding hydrogens is 285 g/mol. The Morgan fingerprint density at radius 3 is 2.85 bits per heavy atom. The predicted octanol–water partition coefficient (Wildman–Crippen LogP) is 2.05. The van der Waals surface area contributed by atoms with E-state index in [0.717, 1.165) is 0 Å². The number of hydrogen-bond acceptors (Lipinski definition) is 3. The van der Waals surface area contributed by atoms with E-state index in [1.165, 1.54) is 12.1 Å². The second-order valence-electron chi connectivity index (χ2n) is 4.28. The van der Waals surface area contributed by atoms with E-state index in [1.807, 2.05) is 0 Å². The third-order valence-electron chi connectivity index (χ3n) is 2.71. The molecule has 1 rings (SSSR count). The first kappa shape index (κ1) is 16.2. The molecule has 4 N–H and O–H groups in total. The molecule has 110 valence electrons. The molecule has 0 aromatic heterocycles. The lowest BCUT2D eigenvalue weighted by molar-refractivity contribution is -0.120. The van der Waals surface area contributed by atoms with Gasteiger partial charge in [-0.3, -0.25) is 4.79 Å². The van der Waals surface area contributed by atoms with Gasteiger partial charge in [0.25, 0.3) is 0 Å². The van der Waals surface area contributed by atoms with Crippen molar-refractivity contribution in [1.82, 2.24) is 5.32 Å². The molecule has 0 fully saturated rings. The highest BCUT2D eigenvalue weighted by Crippen LogP contribution is 2.19. The molecule has 1 aromatic rings. The fourth-order valence-corrected chi connectivity index (χ4v) is 1.86. The lowest BCUT2D eigenvalue weighted by Crippen LogP contribution is -2.26. The van der Waals surface area contributed by atoms with Gasteiger partial charge in [0, 0.05) is 23.6 Å². The Bertz CT molecular complexity index is 474. The number of rotatable bonds is 7. The number of nitrogens with zero attached hydrogens (tertiary/aromatic N) is 1. The summed E-state index contributed by atoms with van der Waals surface area (Å²) in [4.78, 5) is 11.6. The fraction of sp³-hybridized carbons (Fsp3) is 0.385. The smallest absolute Gasteiger partial charge is 0.224 e. The largest absolute Gasteiger partial charge is 0.409 e. The van der Waals surface area contributed by atoms with Gasteiger partial charge >= 0.3 is 0 Å². The van der Waals surface area contributed by atoms with Crippen molar-refractivity contribution in [3.63, 3.8) is 0 Å². The van der Waals surface area contributed by atoms with E-state index in [1.54, 1.807) is 6.07 Å². The van der Waals surface area contributed by atoms with Gasteiger partial charge in [-0.05, 0) is 25.0 Å². The van der Waals surface area contributed by atoms with E-state index >= 15 is 0 Å². The fourth-order valence-electron chi connectivity index (χ4n) is 1.63. The van der Waals surface area contributed by atoms with Gasteiger partial charge in [0.1, 0.15) is 11.7 Å². The highest BCUT2D eigenvalue weighted by atomic mass is 35.5. The van der Waals surface area contributed by atoms with Crippen molar-refractivity contribution in [2.75, 3.05) is 6.54 Å². The standard InChI is InChI=1S/C13H17ClFN3O2/c14-10-4-3-5-11(15)9(10)8-13(19)17-7-2-1-6-12(16)18-20/h3-5,20H,1-2,6-8H2,(H2,16,18)(H,17,19). The van der Waals surface area contributed by atoms with Crippen LogP contribution in [0.5, 0.6) is 0 Å². The summed E-state index contributed by atoms with van der Waals surface area (Å²) in [6.45, 7) is 0.448. The summed E-state index contributed by atoms with van der Waals surface area (Å²) >= 11 is 5.84. The SMILES string of the molecule is NC(CCCCNC(=O)Cc1c(F)cccc1Cl)=NO. The van der Waals surface area contributed by atoms with Crippen molar-refractivity contribution in [1.29, 1.82) is 0 Å². The molecule has 0 radical (unpaired) electrons. The number of carbonyl (C=O) groups excluding carboxylic acids is 1. The van der Waals surface area contributed by atoms with Gasteiger partial charge in [-0.15, -0.1) is 0 Å². The molecule has 20 heavy (non-hydrogen) atoms. The minimum absolute atomic E-state index is 0.0915. The molecule has 0 saturated carbocycles. The van der Waals surface area contributed by atoms with Crippen LogP contribution in [0.15, 0.2) is 23.4 Å². The lowest BCUT2D eigenvalue weighted by atomic mass is 10.1. The zero-order valence-electron chi connectivity index (χ0n) is 10.9. The van der Waals surface area contributed by atoms with Crippen molar-refractivity contribution >= 4 is 23.3 Å². The molecule has 5 nitrogen and oxygen atoms in total. The number of nitrogens with two attached hydrogens (primary N) is 1. The first-order chi connectivity index (χ1) is 9.54. The van der Waals surface area contributed by atoms with Gasteiger partial charge in [0.2, 0.25) is 5.91 Å². The van der Waals surface area contributed by atoms with Crippen molar-refractivity contribution in [2.24, 2.45) is 10.9 Å². The monoisotopic (exact) mass is 301 g/mol. The van der Waals surface area contributed by atoms with Crippen LogP contribution in [0.3, 0.4) is 0 Å². The van der Waals surface area contributed by atoms with E-state index < -0.39 is 5.82 Å². The number of unbranched alkanes of at least 4 members (excludes halogenated alkanes) is 1. The molecule has 0 heterocycles. The van der Waals surface area contributed by atoms with E-state index in [2.05, 4.69) is 10.5 Å². The summed E-state index contributed by atoms with van der Waals surface area (Å²) in [5.41, 5.74) is 5.50. The zero-order valence-corrected chi connectivity index (χ0v) is 11.7. The molecular formula is C13H17ClFN3O2. The number of oxime groups is 1. The van der Waals surface area contributed by atoms with Crippen LogP contribution in [0.2, 0.25) is 5.02 Å². The average Bonchev–Trinajstić information content (AvgIpc) is 2.42. The molecule has 7 heteroatoms. The van der Waals surface area contributed by atoms with Crippen molar-refractivity contribution in [3.8, 4) is 0 Å². The summed E-state index contributed by atoms with van der Waals surface area (Å²) < 4.78 is 13.5. The normalized spacial score (nSPS) is 11.4. The molecule has 0 spiro atoms. The van der Waals surface area contributed by atoms with Crippen LogP contribution in [-0.2, 0) is 11.2 Å². The predicted molar refractivity (Wildman–Crippen MR) is 75.4 cm³/mol. The molecule has 0 saturated heterocycles. The molecule has 0 bridgehead atoms. The molecule has 1 amide bonds. The zero-order chi connectivity index (χ0) is 15.0. The van der Waals surface area contributed by atoms with Crippen LogP contribution >= 0.6 is 11.6 Å². The minimum Gasteiger partial charge on any atom is -0.409 e. The van der Waals surface area contributed by atoms with Gasteiger partial charge < -0.3 is 16.3 Å².